The van der Waals surface area contributed by atoms with Gasteiger partial charge in [-0.25, -0.2) is 4.79 Å². The zero-order valence-corrected chi connectivity index (χ0v) is 26.1. The fraction of sp³-hybridized carbons (Fsp3) is 0.667. The third-order valence-electron chi connectivity index (χ3n) is 7.24. The van der Waals surface area contributed by atoms with E-state index >= 15 is 0 Å². The fourth-order valence-corrected chi connectivity index (χ4v) is 4.69. The van der Waals surface area contributed by atoms with Crippen LogP contribution in [-0.2, 0) is 35.0 Å². The summed E-state index contributed by atoms with van der Waals surface area (Å²) in [6, 6.07) is 4.33. The molecule has 4 N–H and O–H groups in total. The average Bonchev–Trinajstić information content (AvgIpc) is 2.93. The van der Waals surface area contributed by atoms with Gasteiger partial charge in [0.25, 0.3) is 0 Å². The fourth-order valence-electron chi connectivity index (χ4n) is 4.69. The van der Waals surface area contributed by atoms with Crippen molar-refractivity contribution in [2.24, 2.45) is 0 Å². The molecular formula is C30H48N4O8. The Morgan fingerprint density at radius 1 is 1.00 bits per heavy atom. The molecule has 2 rings (SSSR count). The van der Waals surface area contributed by atoms with Gasteiger partial charge < -0.3 is 35.3 Å². The van der Waals surface area contributed by atoms with Crippen LogP contribution >= 0.6 is 0 Å². The van der Waals surface area contributed by atoms with Crippen molar-refractivity contribution in [2.75, 3.05) is 21.3 Å². The minimum Gasteiger partial charge on any atom is -0.444 e. The van der Waals surface area contributed by atoms with E-state index in [1.54, 1.807) is 20.8 Å². The van der Waals surface area contributed by atoms with E-state index in [1.807, 2.05) is 24.3 Å². The number of hydrogen-bond donors (Lipinski definition) is 4. The highest BCUT2D eigenvalue weighted by atomic mass is 16.7. The third kappa shape index (κ3) is 10.2. The van der Waals surface area contributed by atoms with E-state index in [4.69, 9.17) is 14.2 Å². The van der Waals surface area contributed by atoms with Crippen LogP contribution in [-0.4, -0.2) is 91.2 Å². The minimum absolute atomic E-state index is 0.177. The van der Waals surface area contributed by atoms with E-state index in [2.05, 4.69) is 16.0 Å². The number of aliphatic hydroxyl groups excluding tert-OH is 1. The van der Waals surface area contributed by atoms with Crippen molar-refractivity contribution in [2.45, 2.75) is 109 Å². The molecule has 0 saturated carbocycles. The number of carbonyl (C=O) groups excluding carboxylic acids is 4. The Balaban J connectivity index is 2.17. The Morgan fingerprint density at radius 2 is 1.64 bits per heavy atom. The van der Waals surface area contributed by atoms with Gasteiger partial charge in [-0.05, 0) is 71.4 Å². The molecule has 12 heteroatoms. The first-order valence-electron chi connectivity index (χ1n) is 14.4. The van der Waals surface area contributed by atoms with Gasteiger partial charge in [-0.15, -0.1) is 0 Å². The lowest BCUT2D eigenvalue weighted by Crippen LogP contribution is -2.59. The van der Waals surface area contributed by atoms with Crippen LogP contribution in [0.15, 0.2) is 24.3 Å². The van der Waals surface area contributed by atoms with Crippen molar-refractivity contribution in [1.82, 2.24) is 20.9 Å². The van der Waals surface area contributed by atoms with Crippen LogP contribution in [0.2, 0.25) is 0 Å². The van der Waals surface area contributed by atoms with Gasteiger partial charge in [0.1, 0.15) is 23.7 Å². The Kier molecular flexibility index (Phi) is 13.2. The van der Waals surface area contributed by atoms with Crippen LogP contribution in [0, 0.1) is 0 Å². The molecule has 0 aromatic heterocycles. The summed E-state index contributed by atoms with van der Waals surface area (Å²) in [6.45, 7) is 7.95. The average molecular weight is 593 g/mol. The second-order valence-corrected chi connectivity index (χ2v) is 11.7. The van der Waals surface area contributed by atoms with E-state index in [9.17, 15) is 24.3 Å². The van der Waals surface area contributed by atoms with Crippen molar-refractivity contribution in [1.29, 1.82) is 0 Å². The van der Waals surface area contributed by atoms with Crippen molar-refractivity contribution in [3.8, 4) is 0 Å². The Labute approximate surface area is 248 Å². The van der Waals surface area contributed by atoms with E-state index in [1.165, 1.54) is 40.7 Å². The van der Waals surface area contributed by atoms with Crippen LogP contribution < -0.4 is 16.0 Å². The molecular weight excluding hydrogens is 544 g/mol. The zero-order chi connectivity index (χ0) is 31.6. The second kappa shape index (κ2) is 15.9. The second-order valence-electron chi connectivity index (χ2n) is 11.7. The normalized spacial score (nSPS) is 17.7. The highest BCUT2D eigenvalue weighted by Crippen LogP contribution is 2.29. The first kappa shape index (κ1) is 35.0. The number of likely N-dealkylation sites (N-methyl/N-ethyl adjacent to an activating group) is 1. The number of nitrogens with zero attached hydrogens (tertiary/aromatic N) is 1. The number of hydrogen-bond acceptors (Lipinski definition) is 8. The number of amides is 4. The summed E-state index contributed by atoms with van der Waals surface area (Å²) in [5.41, 5.74) is 1.46. The molecule has 1 aromatic carbocycles. The molecule has 5 atom stereocenters. The van der Waals surface area contributed by atoms with Gasteiger partial charge in [0.15, 0.2) is 6.29 Å². The number of nitrogens with one attached hydrogen (secondary N) is 3. The summed E-state index contributed by atoms with van der Waals surface area (Å²) in [7, 11) is 4.37. The highest BCUT2D eigenvalue weighted by molar-refractivity contribution is 5.94. The van der Waals surface area contributed by atoms with Gasteiger partial charge in [0.2, 0.25) is 17.7 Å². The number of aliphatic hydroxyl groups is 1. The minimum atomic E-state index is -1.39. The lowest BCUT2D eigenvalue weighted by atomic mass is 9.87. The molecule has 1 unspecified atom stereocenters. The number of carbonyl (C=O) groups is 4. The van der Waals surface area contributed by atoms with Gasteiger partial charge in [-0.3, -0.25) is 19.3 Å². The first-order valence-corrected chi connectivity index (χ1v) is 14.4. The van der Waals surface area contributed by atoms with Crippen LogP contribution in [0.25, 0.3) is 0 Å². The van der Waals surface area contributed by atoms with Gasteiger partial charge in [-0.1, -0.05) is 24.3 Å². The maximum atomic E-state index is 13.5. The smallest absolute Gasteiger partial charge is 0.410 e. The van der Waals surface area contributed by atoms with Gasteiger partial charge in [0, 0.05) is 27.7 Å². The molecule has 42 heavy (non-hydrogen) atoms. The van der Waals surface area contributed by atoms with Gasteiger partial charge in [0.05, 0.1) is 12.1 Å². The van der Waals surface area contributed by atoms with E-state index in [0.29, 0.717) is 6.42 Å². The van der Waals surface area contributed by atoms with E-state index < -0.39 is 59.9 Å². The lowest BCUT2D eigenvalue weighted by Gasteiger charge is -2.31. The summed E-state index contributed by atoms with van der Waals surface area (Å²) >= 11 is 0. The monoisotopic (exact) mass is 592 g/mol. The third-order valence-corrected chi connectivity index (χ3v) is 7.24. The Morgan fingerprint density at radius 3 is 2.24 bits per heavy atom. The van der Waals surface area contributed by atoms with Crippen molar-refractivity contribution in [3.63, 3.8) is 0 Å². The SMILES string of the molecule is COC(CCC(NC(=O)[C@@H](NC(=O)[C@H](C)N(C)C(=O)OC(C)(C)C)[C@H](C)O)C(=O)N[C@@H]1CCCc2ccccc21)OC. The van der Waals surface area contributed by atoms with Crippen LogP contribution in [0.4, 0.5) is 4.79 Å². The molecule has 0 saturated heterocycles. The molecule has 0 bridgehead atoms. The molecule has 1 aliphatic rings. The van der Waals surface area contributed by atoms with Crippen molar-refractivity contribution < 1.29 is 38.5 Å². The summed E-state index contributed by atoms with van der Waals surface area (Å²) in [4.78, 5) is 53.5. The van der Waals surface area contributed by atoms with E-state index in [0.717, 1.165) is 29.7 Å². The molecule has 0 heterocycles. The van der Waals surface area contributed by atoms with Gasteiger partial charge in [-0.2, -0.15) is 0 Å². The zero-order valence-electron chi connectivity index (χ0n) is 26.1. The van der Waals surface area contributed by atoms with Crippen molar-refractivity contribution in [3.05, 3.63) is 35.4 Å². The maximum absolute atomic E-state index is 13.5. The van der Waals surface area contributed by atoms with Crippen LogP contribution in [0.5, 0.6) is 0 Å². The number of fused-ring (bicyclic) bond motifs is 1. The standard InChI is InChI=1S/C30H48N4O8/c1-18(34(6)29(39)42-30(3,4)5)26(36)33-25(19(2)35)28(38)32-23(16-17-24(40-7)41-8)27(37)31-22-15-11-13-20-12-9-10-14-21(20)22/h9-10,12,14,18-19,22-25,35H,11,13,15-17H2,1-8H3,(H,31,37)(H,32,38)(H,33,36)/t18-,19-,22+,23?,25-/m0/s1. The molecule has 0 aliphatic heterocycles. The Hall–Kier alpha value is -3.22. The molecule has 0 fully saturated rings. The summed E-state index contributed by atoms with van der Waals surface area (Å²) < 4.78 is 15.8. The van der Waals surface area contributed by atoms with Crippen LogP contribution in [0.1, 0.15) is 77.5 Å². The van der Waals surface area contributed by atoms with Crippen molar-refractivity contribution >= 4 is 23.8 Å². The molecule has 0 radical (unpaired) electrons. The Bertz CT molecular complexity index is 1070. The number of aryl methyl sites for hydroxylation is 1. The lowest BCUT2D eigenvalue weighted by molar-refractivity contribution is -0.136. The number of benzene rings is 1. The predicted octanol–water partition coefficient (Wildman–Crippen LogP) is 2.19. The molecule has 1 aromatic rings. The molecule has 4 amide bonds. The summed E-state index contributed by atoms with van der Waals surface area (Å²) in [6.07, 6.45) is 0.486. The number of ether oxygens (including phenoxy) is 3. The van der Waals surface area contributed by atoms with Crippen LogP contribution in [0.3, 0.4) is 0 Å². The summed E-state index contributed by atoms with van der Waals surface area (Å²) in [5, 5.41) is 18.7. The quantitative estimate of drug-likeness (QED) is 0.254. The molecule has 1 aliphatic carbocycles. The maximum Gasteiger partial charge on any atom is 0.410 e. The summed E-state index contributed by atoms with van der Waals surface area (Å²) in [5.74, 6) is -1.83. The first-order chi connectivity index (χ1) is 19.7. The molecule has 0 spiro atoms. The largest absolute Gasteiger partial charge is 0.444 e. The van der Waals surface area contributed by atoms with E-state index in [-0.39, 0.29) is 12.5 Å². The molecule has 12 nitrogen and oxygen atoms in total. The predicted molar refractivity (Wildman–Crippen MR) is 156 cm³/mol. The molecule has 236 valence electrons. The number of methoxy groups -OCH3 is 2. The number of rotatable bonds is 13. The highest BCUT2D eigenvalue weighted by Gasteiger charge is 2.34. The topological polar surface area (TPSA) is 156 Å². The van der Waals surface area contributed by atoms with Gasteiger partial charge >= 0.3 is 6.09 Å².